The molecule has 0 saturated carbocycles. The molecule has 94 valence electrons. The summed E-state index contributed by atoms with van der Waals surface area (Å²) < 4.78 is 4.91. The summed E-state index contributed by atoms with van der Waals surface area (Å²) in [5.41, 5.74) is 1.26. The van der Waals surface area contributed by atoms with E-state index in [1.165, 1.54) is 5.56 Å². The molecule has 0 amide bonds. The average molecular weight is 235 g/mol. The third kappa shape index (κ3) is 6.07. The van der Waals surface area contributed by atoms with Crippen molar-refractivity contribution in [2.45, 2.75) is 26.8 Å². The Morgan fingerprint density at radius 3 is 2.71 bits per heavy atom. The maximum atomic E-state index is 11.2. The Labute approximate surface area is 103 Å². The Bertz CT molecular complexity index is 324. The topological polar surface area (TPSA) is 38.3 Å². The number of hydrogen-bond donors (Lipinski definition) is 1. The summed E-state index contributed by atoms with van der Waals surface area (Å²) in [5.74, 6) is 0.194. The Morgan fingerprint density at radius 2 is 2.06 bits per heavy atom. The maximum Gasteiger partial charge on any atom is 0.306 e. The van der Waals surface area contributed by atoms with Crippen LogP contribution in [0.5, 0.6) is 0 Å². The molecular weight excluding hydrogens is 214 g/mol. The fourth-order valence-electron chi connectivity index (χ4n) is 1.64. The maximum absolute atomic E-state index is 11.2. The van der Waals surface area contributed by atoms with E-state index in [0.717, 1.165) is 13.1 Å². The van der Waals surface area contributed by atoms with Gasteiger partial charge in [-0.05, 0) is 24.9 Å². The minimum Gasteiger partial charge on any atom is -0.466 e. The van der Waals surface area contributed by atoms with Crippen molar-refractivity contribution in [2.24, 2.45) is 5.92 Å². The largest absolute Gasteiger partial charge is 0.466 e. The number of rotatable bonds is 7. The molecule has 0 spiro atoms. The van der Waals surface area contributed by atoms with E-state index in [2.05, 4.69) is 24.4 Å². The summed E-state index contributed by atoms with van der Waals surface area (Å²) in [6.07, 6.45) is 0.482. The van der Waals surface area contributed by atoms with Gasteiger partial charge in [-0.2, -0.15) is 0 Å². The van der Waals surface area contributed by atoms with Crippen molar-refractivity contribution >= 4 is 5.97 Å². The van der Waals surface area contributed by atoms with Crippen LogP contribution in [-0.4, -0.2) is 19.1 Å². The third-order valence-corrected chi connectivity index (χ3v) is 2.49. The monoisotopic (exact) mass is 235 g/mol. The number of nitrogens with one attached hydrogen (secondary N) is 1. The SMILES string of the molecule is CCOC(=O)CC(C)CNCc1ccccc1. The third-order valence-electron chi connectivity index (χ3n) is 2.49. The molecule has 0 aromatic heterocycles. The van der Waals surface area contributed by atoms with Gasteiger partial charge in [0.05, 0.1) is 6.61 Å². The predicted octanol–water partition coefficient (Wildman–Crippen LogP) is 2.37. The van der Waals surface area contributed by atoms with Crippen LogP contribution in [0.25, 0.3) is 0 Å². The molecule has 0 fully saturated rings. The van der Waals surface area contributed by atoms with E-state index in [1.54, 1.807) is 0 Å². The highest BCUT2D eigenvalue weighted by Crippen LogP contribution is 2.03. The first-order valence-corrected chi connectivity index (χ1v) is 6.12. The van der Waals surface area contributed by atoms with E-state index in [-0.39, 0.29) is 5.97 Å². The van der Waals surface area contributed by atoms with Gasteiger partial charge in [0, 0.05) is 13.0 Å². The molecule has 1 aromatic rings. The highest BCUT2D eigenvalue weighted by Gasteiger charge is 2.09. The van der Waals surface area contributed by atoms with Gasteiger partial charge in [-0.1, -0.05) is 37.3 Å². The fourth-order valence-corrected chi connectivity index (χ4v) is 1.64. The molecule has 0 saturated heterocycles. The van der Waals surface area contributed by atoms with Gasteiger partial charge in [0.1, 0.15) is 0 Å². The van der Waals surface area contributed by atoms with Crippen molar-refractivity contribution in [3.05, 3.63) is 35.9 Å². The van der Waals surface area contributed by atoms with E-state index in [0.29, 0.717) is 18.9 Å². The molecule has 1 aromatic carbocycles. The van der Waals surface area contributed by atoms with Gasteiger partial charge in [-0.15, -0.1) is 0 Å². The zero-order chi connectivity index (χ0) is 12.5. The second-order valence-corrected chi connectivity index (χ2v) is 4.23. The molecule has 0 bridgehead atoms. The summed E-state index contributed by atoms with van der Waals surface area (Å²) >= 11 is 0. The summed E-state index contributed by atoms with van der Waals surface area (Å²) in [6.45, 7) is 6.01. The smallest absolute Gasteiger partial charge is 0.306 e. The van der Waals surface area contributed by atoms with Crippen LogP contribution < -0.4 is 5.32 Å². The first-order chi connectivity index (χ1) is 8.22. The predicted molar refractivity (Wildman–Crippen MR) is 68.6 cm³/mol. The molecule has 1 unspecified atom stereocenters. The van der Waals surface area contributed by atoms with Gasteiger partial charge in [0.15, 0.2) is 0 Å². The zero-order valence-corrected chi connectivity index (χ0v) is 10.6. The molecule has 0 aliphatic heterocycles. The van der Waals surface area contributed by atoms with Crippen LogP contribution in [0.3, 0.4) is 0 Å². The van der Waals surface area contributed by atoms with Gasteiger partial charge in [0.2, 0.25) is 0 Å². The number of esters is 1. The van der Waals surface area contributed by atoms with Crippen LogP contribution in [0.15, 0.2) is 30.3 Å². The van der Waals surface area contributed by atoms with Crippen LogP contribution in [-0.2, 0) is 16.1 Å². The first kappa shape index (κ1) is 13.7. The van der Waals surface area contributed by atoms with Crippen molar-refractivity contribution < 1.29 is 9.53 Å². The molecule has 0 heterocycles. The number of benzene rings is 1. The van der Waals surface area contributed by atoms with Crippen LogP contribution in [0.1, 0.15) is 25.8 Å². The van der Waals surface area contributed by atoms with Crippen molar-refractivity contribution in [2.75, 3.05) is 13.2 Å². The van der Waals surface area contributed by atoms with E-state index >= 15 is 0 Å². The van der Waals surface area contributed by atoms with Crippen molar-refractivity contribution in [1.29, 1.82) is 0 Å². The van der Waals surface area contributed by atoms with Gasteiger partial charge in [-0.3, -0.25) is 4.79 Å². The quantitative estimate of drug-likeness (QED) is 0.737. The van der Waals surface area contributed by atoms with Crippen LogP contribution >= 0.6 is 0 Å². The first-order valence-electron chi connectivity index (χ1n) is 6.12. The molecule has 1 rings (SSSR count). The molecular formula is C14H21NO2. The lowest BCUT2D eigenvalue weighted by Gasteiger charge is -2.11. The molecule has 1 atom stereocenters. The van der Waals surface area contributed by atoms with Crippen molar-refractivity contribution in [3.8, 4) is 0 Å². The molecule has 17 heavy (non-hydrogen) atoms. The second-order valence-electron chi connectivity index (χ2n) is 4.23. The van der Waals surface area contributed by atoms with E-state index < -0.39 is 0 Å². The van der Waals surface area contributed by atoms with Crippen LogP contribution in [0.4, 0.5) is 0 Å². The lowest BCUT2D eigenvalue weighted by atomic mass is 10.1. The number of carbonyl (C=O) groups excluding carboxylic acids is 1. The van der Waals surface area contributed by atoms with Crippen LogP contribution in [0, 0.1) is 5.92 Å². The van der Waals surface area contributed by atoms with E-state index in [9.17, 15) is 4.79 Å². The highest BCUT2D eigenvalue weighted by atomic mass is 16.5. The lowest BCUT2D eigenvalue weighted by Crippen LogP contribution is -2.23. The number of ether oxygens (including phenoxy) is 1. The second kappa shape index (κ2) is 7.85. The molecule has 0 aliphatic rings. The molecule has 1 N–H and O–H groups in total. The van der Waals surface area contributed by atoms with Gasteiger partial charge in [0.25, 0.3) is 0 Å². The highest BCUT2D eigenvalue weighted by molar-refractivity contribution is 5.69. The molecule has 3 nitrogen and oxygen atoms in total. The Morgan fingerprint density at radius 1 is 1.35 bits per heavy atom. The zero-order valence-electron chi connectivity index (χ0n) is 10.6. The Hall–Kier alpha value is -1.35. The summed E-state index contributed by atoms with van der Waals surface area (Å²) in [6, 6.07) is 10.2. The Kier molecular flexibility index (Phi) is 6.33. The standard InChI is InChI=1S/C14H21NO2/c1-3-17-14(16)9-12(2)10-15-11-13-7-5-4-6-8-13/h4-8,12,15H,3,9-11H2,1-2H3. The molecule has 0 radical (unpaired) electrons. The minimum absolute atomic E-state index is 0.110. The average Bonchev–Trinajstić information content (AvgIpc) is 2.30. The molecule has 3 heteroatoms. The van der Waals surface area contributed by atoms with Gasteiger partial charge < -0.3 is 10.1 Å². The Balaban J connectivity index is 2.16. The lowest BCUT2D eigenvalue weighted by molar-refractivity contribution is -0.144. The van der Waals surface area contributed by atoms with Gasteiger partial charge >= 0.3 is 5.97 Å². The van der Waals surface area contributed by atoms with Crippen LogP contribution in [0.2, 0.25) is 0 Å². The summed E-state index contributed by atoms with van der Waals surface area (Å²) in [4.78, 5) is 11.2. The normalized spacial score (nSPS) is 12.1. The van der Waals surface area contributed by atoms with Gasteiger partial charge in [-0.25, -0.2) is 0 Å². The van der Waals surface area contributed by atoms with E-state index in [1.807, 2.05) is 25.1 Å². The fraction of sp³-hybridized carbons (Fsp3) is 0.500. The van der Waals surface area contributed by atoms with Crippen molar-refractivity contribution in [1.82, 2.24) is 5.32 Å². The number of carbonyl (C=O) groups is 1. The van der Waals surface area contributed by atoms with E-state index in [4.69, 9.17) is 4.74 Å². The summed E-state index contributed by atoms with van der Waals surface area (Å²) in [7, 11) is 0. The minimum atomic E-state index is -0.110. The summed E-state index contributed by atoms with van der Waals surface area (Å²) in [5, 5.41) is 3.34. The molecule has 0 aliphatic carbocycles. The van der Waals surface area contributed by atoms with Crippen molar-refractivity contribution in [3.63, 3.8) is 0 Å². The number of hydrogen-bond acceptors (Lipinski definition) is 3.